The van der Waals surface area contributed by atoms with Crippen molar-refractivity contribution in [2.75, 3.05) is 11.4 Å². The van der Waals surface area contributed by atoms with Gasteiger partial charge in [0, 0.05) is 12.2 Å². The van der Waals surface area contributed by atoms with Gasteiger partial charge in [-0.3, -0.25) is 4.90 Å². The molecule has 28 heavy (non-hydrogen) atoms. The van der Waals surface area contributed by atoms with Crippen molar-refractivity contribution >= 4 is 55.6 Å². The van der Waals surface area contributed by atoms with E-state index < -0.39 is 16.1 Å². The van der Waals surface area contributed by atoms with E-state index in [2.05, 4.69) is 4.98 Å². The van der Waals surface area contributed by atoms with E-state index in [1.54, 1.807) is 4.90 Å². The van der Waals surface area contributed by atoms with Gasteiger partial charge in [0.1, 0.15) is 5.75 Å². The molecule has 0 saturated carbocycles. The van der Waals surface area contributed by atoms with E-state index in [9.17, 15) is 13.2 Å². The van der Waals surface area contributed by atoms with Crippen molar-refractivity contribution < 1.29 is 17.9 Å². The van der Waals surface area contributed by atoms with E-state index in [1.165, 1.54) is 35.6 Å². The molecular formula is C18H19N3O4S3. The summed E-state index contributed by atoms with van der Waals surface area (Å²) < 4.78 is 29.7. The Bertz CT molecular complexity index is 1160. The number of nitrogens with two attached hydrogens (primary N) is 1. The summed E-state index contributed by atoms with van der Waals surface area (Å²) in [5.41, 5.74) is 1.60. The van der Waals surface area contributed by atoms with E-state index in [0.717, 1.165) is 10.2 Å². The van der Waals surface area contributed by atoms with Gasteiger partial charge in [-0.1, -0.05) is 13.8 Å². The zero-order chi connectivity index (χ0) is 20.5. The summed E-state index contributed by atoms with van der Waals surface area (Å²) in [6.07, 6.45) is -0.560. The van der Waals surface area contributed by atoms with Crippen molar-refractivity contribution in [1.82, 2.24) is 4.98 Å². The van der Waals surface area contributed by atoms with Gasteiger partial charge in [0.05, 0.1) is 15.1 Å². The number of nitrogens with one attached hydrogen (secondary N) is 1. The maximum absolute atomic E-state index is 12.8. The van der Waals surface area contributed by atoms with Crippen LogP contribution in [0.2, 0.25) is 0 Å². The summed E-state index contributed by atoms with van der Waals surface area (Å²) in [5, 5.41) is 5.08. The first-order valence-corrected chi connectivity index (χ1v) is 11.2. The van der Waals surface area contributed by atoms with Crippen molar-refractivity contribution in [3.63, 3.8) is 0 Å². The molecule has 0 saturated heterocycles. The standard InChI is InChI=1S/C18H19N3O4S3/c1-11(2)10-21(12-3-8-15-16(9-12)27-17(26)20-15)18(22)25-13-4-6-14(7-5-13)28(19,23)24/h3-9,11H,10H2,1-2H3,(H,20,26)(H2,19,23,24). The largest absolute Gasteiger partial charge is 0.419 e. The fraction of sp³-hybridized carbons (Fsp3) is 0.222. The summed E-state index contributed by atoms with van der Waals surface area (Å²) >= 11 is 6.61. The average Bonchev–Trinajstić information content (AvgIpc) is 2.98. The van der Waals surface area contributed by atoms with Crippen molar-refractivity contribution in [1.29, 1.82) is 0 Å². The van der Waals surface area contributed by atoms with Crippen LogP contribution in [0.5, 0.6) is 5.75 Å². The Hall–Kier alpha value is -2.27. The molecule has 0 radical (unpaired) electrons. The number of hydrogen-bond donors (Lipinski definition) is 2. The summed E-state index contributed by atoms with van der Waals surface area (Å²) in [4.78, 5) is 17.4. The summed E-state index contributed by atoms with van der Waals surface area (Å²) in [7, 11) is -3.80. The lowest BCUT2D eigenvalue weighted by atomic mass is 10.2. The SMILES string of the molecule is CC(C)CN(C(=O)Oc1ccc(S(N)(=O)=O)cc1)c1ccc2[nH]c(=S)sc2c1. The lowest BCUT2D eigenvalue weighted by Gasteiger charge is -2.24. The van der Waals surface area contributed by atoms with Gasteiger partial charge in [-0.15, -0.1) is 11.3 Å². The number of rotatable bonds is 5. The number of carbonyl (C=O) groups is 1. The quantitative estimate of drug-likeness (QED) is 0.580. The Morgan fingerprint density at radius 3 is 2.54 bits per heavy atom. The number of primary sulfonamides is 1. The van der Waals surface area contributed by atoms with Gasteiger partial charge in [0.15, 0.2) is 3.95 Å². The molecule has 0 aliphatic carbocycles. The first kappa shape index (κ1) is 20.5. The molecular weight excluding hydrogens is 418 g/mol. The van der Waals surface area contributed by atoms with Crippen molar-refractivity contribution in [2.45, 2.75) is 18.7 Å². The van der Waals surface area contributed by atoms with Crippen LogP contribution in [0.1, 0.15) is 13.8 Å². The predicted octanol–water partition coefficient (Wildman–Crippen LogP) is 4.27. The molecule has 0 aliphatic heterocycles. The Labute approximate surface area is 171 Å². The summed E-state index contributed by atoms with van der Waals surface area (Å²) in [5.74, 6) is 0.432. The first-order chi connectivity index (χ1) is 13.1. The Morgan fingerprint density at radius 1 is 1.25 bits per heavy atom. The molecule has 0 aliphatic rings. The number of fused-ring (bicyclic) bond motifs is 1. The van der Waals surface area contributed by atoms with Crippen LogP contribution >= 0.6 is 23.6 Å². The number of aromatic amines is 1. The molecule has 0 atom stereocenters. The van der Waals surface area contributed by atoms with E-state index >= 15 is 0 Å². The topological polar surface area (TPSA) is 105 Å². The highest BCUT2D eigenvalue weighted by Crippen LogP contribution is 2.27. The van der Waals surface area contributed by atoms with Crippen molar-refractivity contribution in [3.05, 3.63) is 46.4 Å². The highest BCUT2D eigenvalue weighted by molar-refractivity contribution is 7.89. The van der Waals surface area contributed by atoms with Gasteiger partial charge in [-0.25, -0.2) is 18.4 Å². The second kappa shape index (κ2) is 8.00. The third-order valence-corrected chi connectivity index (χ3v) is 5.97. The van der Waals surface area contributed by atoms with Gasteiger partial charge >= 0.3 is 6.09 Å². The van der Waals surface area contributed by atoms with E-state index in [4.69, 9.17) is 22.1 Å². The molecule has 1 heterocycles. The minimum absolute atomic E-state index is 0.0505. The molecule has 3 N–H and O–H groups in total. The number of nitrogens with zero attached hydrogens (tertiary/aromatic N) is 1. The summed E-state index contributed by atoms with van der Waals surface area (Å²) in [6.45, 7) is 4.45. The fourth-order valence-corrected chi connectivity index (χ4v) is 4.27. The Balaban J connectivity index is 1.87. The molecule has 0 fully saturated rings. The van der Waals surface area contributed by atoms with Crippen LogP contribution in [0.4, 0.5) is 10.5 Å². The average molecular weight is 438 g/mol. The van der Waals surface area contributed by atoms with E-state index in [0.29, 0.717) is 16.2 Å². The van der Waals surface area contributed by atoms with Crippen LogP contribution in [0.3, 0.4) is 0 Å². The number of anilines is 1. The van der Waals surface area contributed by atoms with Crippen LogP contribution < -0.4 is 14.8 Å². The van der Waals surface area contributed by atoms with Gasteiger partial charge in [0.2, 0.25) is 10.0 Å². The monoisotopic (exact) mass is 437 g/mol. The maximum Gasteiger partial charge on any atom is 0.419 e. The highest BCUT2D eigenvalue weighted by atomic mass is 32.2. The normalized spacial score (nSPS) is 11.7. The smallest absolute Gasteiger partial charge is 0.410 e. The number of sulfonamides is 1. The second-order valence-electron chi connectivity index (χ2n) is 6.58. The maximum atomic E-state index is 12.8. The van der Waals surface area contributed by atoms with Crippen LogP contribution in [-0.2, 0) is 10.0 Å². The van der Waals surface area contributed by atoms with Crippen molar-refractivity contribution in [2.24, 2.45) is 11.1 Å². The number of ether oxygens (including phenoxy) is 1. The first-order valence-electron chi connectivity index (χ1n) is 8.38. The number of thiazole rings is 1. The predicted molar refractivity (Wildman–Crippen MR) is 113 cm³/mol. The van der Waals surface area contributed by atoms with Crippen LogP contribution in [0.15, 0.2) is 47.4 Å². The highest BCUT2D eigenvalue weighted by Gasteiger charge is 2.20. The number of H-pyrrole nitrogens is 1. The molecule has 7 nitrogen and oxygen atoms in total. The molecule has 0 spiro atoms. The number of hydrogen-bond acceptors (Lipinski definition) is 6. The lowest BCUT2D eigenvalue weighted by Crippen LogP contribution is -2.36. The molecule has 1 aromatic heterocycles. The van der Waals surface area contributed by atoms with Gasteiger partial charge < -0.3 is 9.72 Å². The molecule has 3 aromatic rings. The number of carbonyl (C=O) groups excluding carboxylic acids is 1. The second-order valence-corrected chi connectivity index (χ2v) is 9.86. The Morgan fingerprint density at radius 2 is 1.93 bits per heavy atom. The molecule has 10 heteroatoms. The van der Waals surface area contributed by atoms with Crippen LogP contribution in [0, 0.1) is 9.87 Å². The number of amides is 1. The van der Waals surface area contributed by atoms with Gasteiger partial charge in [-0.05, 0) is 60.6 Å². The number of benzene rings is 2. The third-order valence-electron chi connectivity index (χ3n) is 3.84. The number of aromatic nitrogens is 1. The van der Waals surface area contributed by atoms with Crippen molar-refractivity contribution in [3.8, 4) is 5.75 Å². The molecule has 1 amide bonds. The molecule has 148 valence electrons. The molecule has 3 rings (SSSR count). The van der Waals surface area contributed by atoms with Gasteiger partial charge in [-0.2, -0.15) is 0 Å². The van der Waals surface area contributed by atoms with E-state index in [1.807, 2.05) is 32.0 Å². The third kappa shape index (κ3) is 4.76. The fourth-order valence-electron chi connectivity index (χ4n) is 2.61. The zero-order valence-electron chi connectivity index (χ0n) is 15.2. The molecule has 2 aromatic carbocycles. The molecule has 0 bridgehead atoms. The van der Waals surface area contributed by atoms with Crippen LogP contribution in [0.25, 0.3) is 10.2 Å². The van der Waals surface area contributed by atoms with Crippen LogP contribution in [-0.4, -0.2) is 26.0 Å². The minimum Gasteiger partial charge on any atom is -0.410 e. The lowest BCUT2D eigenvalue weighted by molar-refractivity contribution is 0.206. The minimum atomic E-state index is -3.80. The molecule has 0 unspecified atom stereocenters. The van der Waals surface area contributed by atoms with E-state index in [-0.39, 0.29) is 16.6 Å². The van der Waals surface area contributed by atoms with Gasteiger partial charge in [0.25, 0.3) is 0 Å². The zero-order valence-corrected chi connectivity index (χ0v) is 17.7. The Kier molecular flexibility index (Phi) is 5.84. The summed E-state index contributed by atoms with van der Waals surface area (Å²) in [6, 6.07) is 11.0.